The van der Waals surface area contributed by atoms with Gasteiger partial charge < -0.3 is 4.74 Å². The topological polar surface area (TPSA) is 9.23 Å². The van der Waals surface area contributed by atoms with Crippen LogP contribution < -0.4 is 4.74 Å². The van der Waals surface area contributed by atoms with Crippen molar-refractivity contribution in [3.63, 3.8) is 0 Å². The lowest BCUT2D eigenvalue weighted by molar-refractivity contribution is 0.405. The molecule has 0 spiro atoms. The number of halogens is 2. The van der Waals surface area contributed by atoms with E-state index in [9.17, 15) is 0 Å². The Labute approximate surface area is 144 Å². The number of benzene rings is 2. The number of hydrogen-bond acceptors (Lipinski definition) is 1. The molecule has 1 atom stereocenters. The van der Waals surface area contributed by atoms with Crippen LogP contribution in [0.15, 0.2) is 46.9 Å². The molecule has 0 fully saturated rings. The first-order valence-electron chi connectivity index (χ1n) is 7.06. The fourth-order valence-corrected chi connectivity index (χ4v) is 3.44. The highest BCUT2D eigenvalue weighted by atomic mass is 79.9. The summed E-state index contributed by atoms with van der Waals surface area (Å²) < 4.78 is 6.58. The van der Waals surface area contributed by atoms with E-state index < -0.39 is 0 Å². The van der Waals surface area contributed by atoms with E-state index in [1.54, 1.807) is 7.11 Å². The average Bonchev–Trinajstić information content (AvgIpc) is 2.47. The van der Waals surface area contributed by atoms with Crippen LogP contribution in [0.1, 0.15) is 16.7 Å². The van der Waals surface area contributed by atoms with Gasteiger partial charge in [0, 0.05) is 9.80 Å². The lowest BCUT2D eigenvalue weighted by Crippen LogP contribution is -2.11. The Balaban J connectivity index is 2.14. The Morgan fingerprint density at radius 2 is 1.90 bits per heavy atom. The first kappa shape index (κ1) is 16.6. The minimum Gasteiger partial charge on any atom is -0.496 e. The molecule has 3 heteroatoms. The molecule has 1 unspecified atom stereocenters. The van der Waals surface area contributed by atoms with Gasteiger partial charge in [-0.05, 0) is 55.0 Å². The minimum absolute atomic E-state index is 0.551. The van der Waals surface area contributed by atoms with Crippen LogP contribution in [0.4, 0.5) is 0 Å². The van der Waals surface area contributed by atoms with Gasteiger partial charge in [-0.2, -0.15) is 0 Å². The lowest BCUT2D eigenvalue weighted by Gasteiger charge is -2.17. The zero-order valence-corrected chi connectivity index (χ0v) is 15.6. The molecule has 0 amide bonds. The second-order valence-electron chi connectivity index (χ2n) is 5.37. The van der Waals surface area contributed by atoms with Crippen LogP contribution in [-0.2, 0) is 12.8 Å². The average molecular weight is 412 g/mol. The summed E-state index contributed by atoms with van der Waals surface area (Å²) in [6.45, 7) is 2.14. The molecule has 0 aliphatic rings. The van der Waals surface area contributed by atoms with Crippen molar-refractivity contribution in [2.45, 2.75) is 19.8 Å². The van der Waals surface area contributed by atoms with E-state index in [-0.39, 0.29) is 0 Å². The second kappa shape index (κ2) is 8.00. The van der Waals surface area contributed by atoms with Crippen molar-refractivity contribution in [1.29, 1.82) is 0 Å². The third-order valence-electron chi connectivity index (χ3n) is 3.58. The summed E-state index contributed by atoms with van der Waals surface area (Å²) in [6, 6.07) is 15.0. The van der Waals surface area contributed by atoms with E-state index in [2.05, 4.69) is 69.1 Å². The van der Waals surface area contributed by atoms with Crippen molar-refractivity contribution in [3.8, 4) is 5.75 Å². The first-order chi connectivity index (χ1) is 10.1. The molecule has 0 saturated heterocycles. The van der Waals surface area contributed by atoms with Gasteiger partial charge in [-0.3, -0.25) is 0 Å². The summed E-state index contributed by atoms with van der Waals surface area (Å²) in [4.78, 5) is 0. The summed E-state index contributed by atoms with van der Waals surface area (Å²) in [5, 5.41) is 0.983. The highest BCUT2D eigenvalue weighted by Gasteiger charge is 2.13. The smallest absolute Gasteiger partial charge is 0.122 e. The summed E-state index contributed by atoms with van der Waals surface area (Å²) in [5.41, 5.74) is 3.97. The normalized spacial score (nSPS) is 12.2. The van der Waals surface area contributed by atoms with Crippen molar-refractivity contribution in [1.82, 2.24) is 0 Å². The molecule has 2 rings (SSSR count). The maximum absolute atomic E-state index is 5.48. The Kier molecular flexibility index (Phi) is 6.31. The van der Waals surface area contributed by atoms with Crippen LogP contribution in [0.3, 0.4) is 0 Å². The third kappa shape index (κ3) is 4.86. The maximum atomic E-state index is 5.48. The summed E-state index contributed by atoms with van der Waals surface area (Å²) in [6.07, 6.45) is 2.07. The third-order valence-corrected chi connectivity index (χ3v) is 4.99. The zero-order valence-electron chi connectivity index (χ0n) is 12.4. The molecule has 0 aliphatic heterocycles. The van der Waals surface area contributed by atoms with Crippen molar-refractivity contribution >= 4 is 31.9 Å². The fraction of sp³-hybridized carbons (Fsp3) is 0.333. The predicted molar refractivity (Wildman–Crippen MR) is 96.6 cm³/mol. The van der Waals surface area contributed by atoms with Gasteiger partial charge in [0.25, 0.3) is 0 Å². The van der Waals surface area contributed by atoms with Crippen LogP contribution in [0.5, 0.6) is 5.75 Å². The van der Waals surface area contributed by atoms with Crippen LogP contribution in [-0.4, -0.2) is 12.4 Å². The van der Waals surface area contributed by atoms with E-state index in [1.807, 2.05) is 12.1 Å². The van der Waals surface area contributed by atoms with Gasteiger partial charge in [0.2, 0.25) is 0 Å². The Morgan fingerprint density at radius 1 is 1.10 bits per heavy atom. The van der Waals surface area contributed by atoms with Crippen LogP contribution >= 0.6 is 31.9 Å². The zero-order chi connectivity index (χ0) is 15.2. The van der Waals surface area contributed by atoms with E-state index in [1.165, 1.54) is 16.7 Å². The monoisotopic (exact) mass is 410 g/mol. The standard InChI is InChI=1S/C18H20Br2O/c1-13-4-3-5-14(8-13)9-15(12-19)10-16-11-17(20)6-7-18(16)21-2/h3-8,11,15H,9-10,12H2,1-2H3. The molecule has 112 valence electrons. The molecule has 2 aromatic carbocycles. The molecule has 21 heavy (non-hydrogen) atoms. The number of ether oxygens (including phenoxy) is 1. The molecule has 0 aliphatic carbocycles. The van der Waals surface area contributed by atoms with Crippen molar-refractivity contribution < 1.29 is 4.74 Å². The Bertz CT molecular complexity index is 596. The minimum atomic E-state index is 0.551. The predicted octanol–water partition coefficient (Wildman–Crippen LogP) is 5.56. The summed E-state index contributed by atoms with van der Waals surface area (Å²) in [7, 11) is 1.73. The molecule has 0 saturated carbocycles. The van der Waals surface area contributed by atoms with Crippen LogP contribution in [0.2, 0.25) is 0 Å². The van der Waals surface area contributed by atoms with E-state index in [0.717, 1.165) is 28.4 Å². The molecular formula is C18H20Br2O. The second-order valence-corrected chi connectivity index (χ2v) is 6.94. The van der Waals surface area contributed by atoms with Crippen LogP contribution in [0, 0.1) is 12.8 Å². The number of alkyl halides is 1. The highest BCUT2D eigenvalue weighted by Crippen LogP contribution is 2.27. The number of methoxy groups -OCH3 is 1. The molecule has 0 N–H and O–H groups in total. The molecule has 0 radical (unpaired) electrons. The fourth-order valence-electron chi connectivity index (χ4n) is 2.57. The van der Waals surface area contributed by atoms with Gasteiger partial charge in [0.15, 0.2) is 0 Å². The van der Waals surface area contributed by atoms with Gasteiger partial charge in [0.05, 0.1) is 7.11 Å². The highest BCUT2D eigenvalue weighted by molar-refractivity contribution is 9.10. The summed E-state index contributed by atoms with van der Waals surface area (Å²) in [5.74, 6) is 1.52. The number of aryl methyl sites for hydroxylation is 1. The number of hydrogen-bond donors (Lipinski definition) is 0. The quantitative estimate of drug-likeness (QED) is 0.565. The molecule has 2 aromatic rings. The number of rotatable bonds is 6. The van der Waals surface area contributed by atoms with E-state index in [0.29, 0.717) is 5.92 Å². The first-order valence-corrected chi connectivity index (χ1v) is 8.97. The van der Waals surface area contributed by atoms with Gasteiger partial charge in [-0.1, -0.05) is 61.7 Å². The SMILES string of the molecule is COc1ccc(Br)cc1CC(CBr)Cc1cccc(C)c1. The molecule has 0 bridgehead atoms. The van der Waals surface area contributed by atoms with Crippen molar-refractivity contribution in [3.05, 3.63) is 63.6 Å². The Morgan fingerprint density at radius 3 is 2.57 bits per heavy atom. The van der Waals surface area contributed by atoms with Crippen molar-refractivity contribution in [2.75, 3.05) is 12.4 Å². The van der Waals surface area contributed by atoms with Crippen molar-refractivity contribution in [2.24, 2.45) is 5.92 Å². The molecule has 1 nitrogen and oxygen atoms in total. The van der Waals surface area contributed by atoms with E-state index in [4.69, 9.17) is 4.74 Å². The summed E-state index contributed by atoms with van der Waals surface area (Å²) >= 11 is 7.21. The van der Waals surface area contributed by atoms with E-state index >= 15 is 0 Å². The van der Waals surface area contributed by atoms with Gasteiger partial charge >= 0.3 is 0 Å². The van der Waals surface area contributed by atoms with Crippen LogP contribution in [0.25, 0.3) is 0 Å². The maximum Gasteiger partial charge on any atom is 0.122 e. The van der Waals surface area contributed by atoms with Gasteiger partial charge in [0.1, 0.15) is 5.75 Å². The molecule has 0 heterocycles. The lowest BCUT2D eigenvalue weighted by atomic mass is 9.93. The largest absolute Gasteiger partial charge is 0.496 e. The molecular weight excluding hydrogens is 392 g/mol. The molecule has 0 aromatic heterocycles. The Hall–Kier alpha value is -0.800. The van der Waals surface area contributed by atoms with Gasteiger partial charge in [-0.25, -0.2) is 0 Å². The van der Waals surface area contributed by atoms with Gasteiger partial charge in [-0.15, -0.1) is 0 Å².